The van der Waals surface area contributed by atoms with Crippen LogP contribution in [0.4, 0.5) is 5.69 Å². The number of hydrogen-bond donors (Lipinski definition) is 1. The van der Waals surface area contributed by atoms with Crippen LogP contribution in [-0.4, -0.2) is 57.1 Å². The molecule has 0 aliphatic carbocycles. The highest BCUT2D eigenvalue weighted by Crippen LogP contribution is 2.21. The molecule has 2 unspecified atom stereocenters. The Kier molecular flexibility index (Phi) is 10.1. The van der Waals surface area contributed by atoms with Gasteiger partial charge in [0, 0.05) is 12.6 Å². The van der Waals surface area contributed by atoms with Gasteiger partial charge in [-0.05, 0) is 62.1 Å². The SMILES string of the molecule is CCc1ccc(N(CC(=O)N(Cc2ccc(OC)cc2)C(C)C(=O)NC(C)CC)S(C)(=O)=O)cc1. The first-order valence-corrected chi connectivity index (χ1v) is 13.6. The highest BCUT2D eigenvalue weighted by molar-refractivity contribution is 7.92. The van der Waals surface area contributed by atoms with Crippen molar-refractivity contribution in [3.8, 4) is 5.75 Å². The quantitative estimate of drug-likeness (QED) is 0.479. The molecule has 0 spiro atoms. The number of nitrogens with one attached hydrogen (secondary N) is 1. The molecule has 2 aromatic carbocycles. The van der Waals surface area contributed by atoms with Gasteiger partial charge in [-0.15, -0.1) is 0 Å². The highest BCUT2D eigenvalue weighted by atomic mass is 32.2. The second-order valence-corrected chi connectivity index (χ2v) is 10.6. The fraction of sp³-hybridized carbons (Fsp3) is 0.462. The van der Waals surface area contributed by atoms with E-state index in [1.165, 1.54) is 4.90 Å². The van der Waals surface area contributed by atoms with Crippen LogP contribution in [0.1, 0.15) is 45.2 Å². The molecule has 2 atom stereocenters. The van der Waals surface area contributed by atoms with Crippen LogP contribution in [0.15, 0.2) is 48.5 Å². The summed E-state index contributed by atoms with van der Waals surface area (Å²) in [5, 5.41) is 2.91. The number of carbonyl (C=O) groups is 2. The lowest BCUT2D eigenvalue weighted by Gasteiger charge is -2.32. The van der Waals surface area contributed by atoms with Crippen LogP contribution in [0.3, 0.4) is 0 Å². The van der Waals surface area contributed by atoms with Gasteiger partial charge in [-0.1, -0.05) is 38.1 Å². The van der Waals surface area contributed by atoms with Gasteiger partial charge in [-0.3, -0.25) is 13.9 Å². The van der Waals surface area contributed by atoms with Gasteiger partial charge < -0.3 is 15.0 Å². The van der Waals surface area contributed by atoms with Gasteiger partial charge in [0.15, 0.2) is 0 Å². The maximum absolute atomic E-state index is 13.5. The minimum atomic E-state index is -3.75. The molecule has 0 radical (unpaired) electrons. The molecule has 0 fully saturated rings. The number of methoxy groups -OCH3 is 1. The zero-order chi connectivity index (χ0) is 26.2. The van der Waals surface area contributed by atoms with Crippen molar-refractivity contribution in [3.63, 3.8) is 0 Å². The molecule has 0 saturated heterocycles. The van der Waals surface area contributed by atoms with Gasteiger partial charge in [-0.25, -0.2) is 8.42 Å². The van der Waals surface area contributed by atoms with Crippen molar-refractivity contribution in [1.29, 1.82) is 0 Å². The Morgan fingerprint density at radius 2 is 1.54 bits per heavy atom. The molecule has 2 amide bonds. The van der Waals surface area contributed by atoms with Crippen LogP contribution in [0.5, 0.6) is 5.75 Å². The summed E-state index contributed by atoms with van der Waals surface area (Å²) in [4.78, 5) is 27.9. The maximum atomic E-state index is 13.5. The van der Waals surface area contributed by atoms with Gasteiger partial charge in [0.1, 0.15) is 18.3 Å². The van der Waals surface area contributed by atoms with Gasteiger partial charge in [0.2, 0.25) is 21.8 Å². The van der Waals surface area contributed by atoms with E-state index in [0.29, 0.717) is 11.4 Å². The Balaban J connectivity index is 2.37. The van der Waals surface area contributed by atoms with Crippen molar-refractivity contribution in [1.82, 2.24) is 10.2 Å². The lowest BCUT2D eigenvalue weighted by atomic mass is 10.1. The minimum absolute atomic E-state index is 0.0486. The van der Waals surface area contributed by atoms with Crippen LogP contribution in [-0.2, 0) is 32.6 Å². The third-order valence-electron chi connectivity index (χ3n) is 5.99. The highest BCUT2D eigenvalue weighted by Gasteiger charge is 2.30. The summed E-state index contributed by atoms with van der Waals surface area (Å²) in [6.07, 6.45) is 2.64. The average Bonchev–Trinajstić information content (AvgIpc) is 2.84. The molecular weight excluding hydrogens is 466 g/mol. The number of hydrogen-bond acceptors (Lipinski definition) is 5. The number of carbonyl (C=O) groups excluding carboxylic acids is 2. The number of aryl methyl sites for hydroxylation is 1. The molecule has 8 nitrogen and oxygen atoms in total. The number of ether oxygens (including phenoxy) is 1. The molecule has 2 rings (SSSR count). The smallest absolute Gasteiger partial charge is 0.244 e. The van der Waals surface area contributed by atoms with Crippen LogP contribution < -0.4 is 14.4 Å². The summed E-state index contributed by atoms with van der Waals surface area (Å²) in [6.45, 7) is 7.25. The molecule has 0 bridgehead atoms. The summed E-state index contributed by atoms with van der Waals surface area (Å²) in [6, 6.07) is 13.4. The summed E-state index contributed by atoms with van der Waals surface area (Å²) in [5.41, 5.74) is 2.25. The number of sulfonamides is 1. The molecular formula is C26H37N3O5S. The summed E-state index contributed by atoms with van der Waals surface area (Å²) in [7, 11) is -2.18. The Morgan fingerprint density at radius 1 is 0.971 bits per heavy atom. The van der Waals surface area contributed by atoms with E-state index in [1.807, 2.05) is 45.0 Å². The standard InChI is InChI=1S/C26H37N3O5S/c1-7-19(3)27-26(31)20(4)28(17-22-11-15-24(34-5)16-12-22)25(30)18-29(35(6,32)33)23-13-9-21(8-2)10-14-23/h9-16,19-20H,7-8,17-18H2,1-6H3,(H,27,31). The molecule has 1 N–H and O–H groups in total. The fourth-order valence-electron chi connectivity index (χ4n) is 3.49. The van der Waals surface area contributed by atoms with E-state index in [2.05, 4.69) is 5.32 Å². The molecule has 0 saturated carbocycles. The normalized spacial score (nSPS) is 13.0. The topological polar surface area (TPSA) is 96.0 Å². The van der Waals surface area contributed by atoms with Crippen molar-refractivity contribution in [2.75, 3.05) is 24.2 Å². The van der Waals surface area contributed by atoms with E-state index in [1.54, 1.807) is 38.3 Å². The van der Waals surface area contributed by atoms with Crippen molar-refractivity contribution < 1.29 is 22.7 Å². The number of anilines is 1. The van der Waals surface area contributed by atoms with Gasteiger partial charge in [0.25, 0.3) is 0 Å². The van der Waals surface area contributed by atoms with E-state index in [9.17, 15) is 18.0 Å². The fourth-order valence-corrected chi connectivity index (χ4v) is 4.34. The number of benzene rings is 2. The van der Waals surface area contributed by atoms with Crippen LogP contribution in [0, 0.1) is 0 Å². The first-order valence-electron chi connectivity index (χ1n) is 11.8. The lowest BCUT2D eigenvalue weighted by molar-refractivity contribution is -0.139. The van der Waals surface area contributed by atoms with E-state index in [4.69, 9.17) is 4.74 Å². The largest absolute Gasteiger partial charge is 0.497 e. The molecule has 9 heteroatoms. The third-order valence-corrected chi connectivity index (χ3v) is 7.13. The maximum Gasteiger partial charge on any atom is 0.244 e. The molecule has 192 valence electrons. The summed E-state index contributed by atoms with van der Waals surface area (Å²) >= 11 is 0. The number of nitrogens with zero attached hydrogens (tertiary/aromatic N) is 2. The lowest BCUT2D eigenvalue weighted by Crippen LogP contribution is -2.52. The van der Waals surface area contributed by atoms with E-state index in [-0.39, 0.29) is 18.5 Å². The van der Waals surface area contributed by atoms with E-state index in [0.717, 1.165) is 34.5 Å². The molecule has 35 heavy (non-hydrogen) atoms. The first kappa shape index (κ1) is 28.2. The van der Waals surface area contributed by atoms with Gasteiger partial charge in [0.05, 0.1) is 19.1 Å². The van der Waals surface area contributed by atoms with Crippen LogP contribution >= 0.6 is 0 Å². The van der Waals surface area contributed by atoms with Gasteiger partial charge >= 0.3 is 0 Å². The summed E-state index contributed by atoms with van der Waals surface area (Å²) < 4.78 is 31.5. The van der Waals surface area contributed by atoms with E-state index >= 15 is 0 Å². The molecule has 0 aromatic heterocycles. The third kappa shape index (κ3) is 7.99. The summed E-state index contributed by atoms with van der Waals surface area (Å²) in [5.74, 6) is -0.0926. The van der Waals surface area contributed by atoms with Crippen molar-refractivity contribution in [2.45, 2.75) is 59.2 Å². The second-order valence-electron chi connectivity index (χ2n) is 8.65. The molecule has 0 aliphatic rings. The van der Waals surface area contributed by atoms with Crippen LogP contribution in [0.2, 0.25) is 0 Å². The molecule has 0 heterocycles. The monoisotopic (exact) mass is 503 g/mol. The second kappa shape index (κ2) is 12.6. The Morgan fingerprint density at radius 3 is 2.03 bits per heavy atom. The Labute approximate surface area is 209 Å². The average molecular weight is 504 g/mol. The van der Waals surface area contributed by atoms with Crippen molar-refractivity contribution >= 4 is 27.5 Å². The van der Waals surface area contributed by atoms with Gasteiger partial charge in [-0.2, -0.15) is 0 Å². The van der Waals surface area contributed by atoms with Crippen molar-refractivity contribution in [2.24, 2.45) is 0 Å². The van der Waals surface area contributed by atoms with Crippen LogP contribution in [0.25, 0.3) is 0 Å². The predicted octanol–water partition coefficient (Wildman–Crippen LogP) is 3.36. The zero-order valence-electron chi connectivity index (χ0n) is 21.4. The Bertz CT molecular complexity index is 1080. The molecule has 2 aromatic rings. The number of amides is 2. The minimum Gasteiger partial charge on any atom is -0.497 e. The van der Waals surface area contributed by atoms with E-state index < -0.39 is 28.5 Å². The molecule has 0 aliphatic heterocycles. The zero-order valence-corrected chi connectivity index (χ0v) is 22.3. The number of rotatable bonds is 12. The predicted molar refractivity (Wildman–Crippen MR) is 139 cm³/mol. The Hall–Kier alpha value is -3.07. The first-order chi connectivity index (χ1) is 16.5. The van der Waals surface area contributed by atoms with Crippen molar-refractivity contribution in [3.05, 3.63) is 59.7 Å².